The quantitative estimate of drug-likeness (QED) is 0.421. The number of piperazine rings is 1. The van der Waals surface area contributed by atoms with Crippen LogP contribution in [-0.4, -0.2) is 74.7 Å². The fourth-order valence-electron chi connectivity index (χ4n) is 3.62. The Balaban J connectivity index is 1.44. The Morgan fingerprint density at radius 2 is 1.59 bits per heavy atom. The van der Waals surface area contributed by atoms with E-state index in [0.29, 0.717) is 31.7 Å². The molecule has 0 saturated carbocycles. The zero-order valence-electron chi connectivity index (χ0n) is 19.3. The molecular formula is C24H29N3O6S. The van der Waals surface area contributed by atoms with Crippen LogP contribution in [0.4, 0.5) is 0 Å². The van der Waals surface area contributed by atoms with E-state index in [0.717, 1.165) is 6.54 Å². The maximum absolute atomic E-state index is 12.7. The van der Waals surface area contributed by atoms with Crippen LogP contribution < -0.4 is 4.72 Å². The number of hydrogen-bond acceptors (Lipinski definition) is 7. The summed E-state index contributed by atoms with van der Waals surface area (Å²) in [5.74, 6) is -1.35. The van der Waals surface area contributed by atoms with Gasteiger partial charge in [-0.3, -0.25) is 19.3 Å². The number of carbonyl (C=O) groups is 3. The molecule has 1 saturated heterocycles. The molecule has 0 spiro atoms. The molecule has 0 bridgehead atoms. The Morgan fingerprint density at radius 3 is 2.18 bits per heavy atom. The van der Waals surface area contributed by atoms with Gasteiger partial charge in [0.15, 0.2) is 11.9 Å². The molecule has 34 heavy (non-hydrogen) atoms. The summed E-state index contributed by atoms with van der Waals surface area (Å²) in [5.41, 5.74) is 1.59. The smallest absolute Gasteiger partial charge is 0.321 e. The number of hydrogen-bond donors (Lipinski definition) is 1. The predicted octanol–water partition coefficient (Wildman–Crippen LogP) is 1.44. The minimum Gasteiger partial charge on any atom is -0.452 e. The molecule has 1 unspecified atom stereocenters. The summed E-state index contributed by atoms with van der Waals surface area (Å²) in [6.07, 6.45) is -1.02. The van der Waals surface area contributed by atoms with Gasteiger partial charge in [-0.25, -0.2) is 8.42 Å². The molecule has 3 rings (SSSR count). The first-order valence-corrected chi connectivity index (χ1v) is 12.5. The van der Waals surface area contributed by atoms with E-state index in [1.807, 2.05) is 18.2 Å². The number of esters is 1. The van der Waals surface area contributed by atoms with Crippen LogP contribution in [0.15, 0.2) is 59.5 Å². The predicted molar refractivity (Wildman–Crippen MR) is 125 cm³/mol. The zero-order valence-corrected chi connectivity index (χ0v) is 20.1. The Hall–Kier alpha value is -3.08. The second-order valence-electron chi connectivity index (χ2n) is 8.12. The van der Waals surface area contributed by atoms with Crippen molar-refractivity contribution < 1.29 is 27.5 Å². The fourth-order valence-corrected chi connectivity index (χ4v) is 4.59. The summed E-state index contributed by atoms with van der Waals surface area (Å²) in [6.45, 7) is 5.53. The molecule has 182 valence electrons. The van der Waals surface area contributed by atoms with Crippen LogP contribution in [0.25, 0.3) is 0 Å². The largest absolute Gasteiger partial charge is 0.452 e. The number of nitrogens with zero attached hydrogens (tertiary/aromatic N) is 2. The monoisotopic (exact) mass is 487 g/mol. The van der Waals surface area contributed by atoms with Crippen LogP contribution in [0.5, 0.6) is 0 Å². The third kappa shape index (κ3) is 6.96. The topological polar surface area (TPSA) is 113 Å². The maximum atomic E-state index is 12.7. The lowest BCUT2D eigenvalue weighted by Crippen LogP contribution is -2.51. The van der Waals surface area contributed by atoms with E-state index in [1.54, 1.807) is 4.90 Å². The molecule has 1 fully saturated rings. The van der Waals surface area contributed by atoms with Gasteiger partial charge in [-0.15, -0.1) is 0 Å². The highest BCUT2D eigenvalue weighted by Crippen LogP contribution is 2.12. The molecule has 10 heteroatoms. The molecule has 1 aliphatic heterocycles. The third-order valence-electron chi connectivity index (χ3n) is 5.57. The Bertz CT molecular complexity index is 1110. The van der Waals surface area contributed by atoms with Gasteiger partial charge in [-0.2, -0.15) is 4.72 Å². The summed E-state index contributed by atoms with van der Waals surface area (Å²) in [6, 6.07) is 15.5. The molecule has 9 nitrogen and oxygen atoms in total. The van der Waals surface area contributed by atoms with E-state index in [4.69, 9.17) is 4.74 Å². The molecule has 1 heterocycles. The number of benzene rings is 2. The van der Waals surface area contributed by atoms with Crippen molar-refractivity contribution in [3.63, 3.8) is 0 Å². The Morgan fingerprint density at radius 1 is 0.971 bits per heavy atom. The summed E-state index contributed by atoms with van der Waals surface area (Å²) in [4.78, 5) is 40.0. The van der Waals surface area contributed by atoms with Crippen molar-refractivity contribution in [1.29, 1.82) is 0 Å². The Labute approximate surface area is 199 Å². The van der Waals surface area contributed by atoms with Gasteiger partial charge in [-0.05, 0) is 31.5 Å². The van der Waals surface area contributed by atoms with E-state index in [-0.39, 0.29) is 16.6 Å². The average molecular weight is 488 g/mol. The van der Waals surface area contributed by atoms with Gasteiger partial charge in [-0.1, -0.05) is 42.5 Å². The van der Waals surface area contributed by atoms with Gasteiger partial charge in [0, 0.05) is 38.3 Å². The maximum Gasteiger partial charge on any atom is 0.321 e. The molecule has 1 N–H and O–H groups in total. The summed E-state index contributed by atoms with van der Waals surface area (Å²) < 4.78 is 32.0. The van der Waals surface area contributed by atoms with Crippen molar-refractivity contribution in [1.82, 2.24) is 14.5 Å². The summed E-state index contributed by atoms with van der Waals surface area (Å²) in [7, 11) is -3.97. The molecule has 2 aromatic rings. The number of Topliss-reactive ketones (excluding diaryl/α,β-unsaturated/α-hetero) is 1. The van der Waals surface area contributed by atoms with Gasteiger partial charge < -0.3 is 9.64 Å². The van der Waals surface area contributed by atoms with Crippen molar-refractivity contribution >= 4 is 27.7 Å². The molecule has 1 amide bonds. The highest BCUT2D eigenvalue weighted by atomic mass is 32.2. The highest BCUT2D eigenvalue weighted by Gasteiger charge is 2.27. The lowest BCUT2D eigenvalue weighted by molar-refractivity contribution is -0.159. The van der Waals surface area contributed by atoms with E-state index in [9.17, 15) is 22.8 Å². The number of ketones is 1. The molecule has 1 aliphatic rings. The normalized spacial score (nSPS) is 15.5. The van der Waals surface area contributed by atoms with Crippen LogP contribution in [-0.2, 0) is 30.9 Å². The second-order valence-corrected chi connectivity index (χ2v) is 9.89. The van der Waals surface area contributed by atoms with Gasteiger partial charge in [0.25, 0.3) is 5.91 Å². The summed E-state index contributed by atoms with van der Waals surface area (Å²) in [5, 5.41) is 0. The SMILES string of the molecule is CC(=O)c1ccc(S(=O)(=O)NCC(=O)OC(C)C(=O)N2CCN(Cc3ccccc3)CC2)cc1. The van der Waals surface area contributed by atoms with Crippen molar-refractivity contribution in [3.8, 4) is 0 Å². The van der Waals surface area contributed by atoms with E-state index in [2.05, 4.69) is 21.8 Å². The second kappa shape index (κ2) is 11.4. The summed E-state index contributed by atoms with van der Waals surface area (Å²) >= 11 is 0. The molecule has 0 radical (unpaired) electrons. The molecule has 1 atom stereocenters. The van der Waals surface area contributed by atoms with Crippen molar-refractivity contribution in [2.24, 2.45) is 0 Å². The van der Waals surface area contributed by atoms with Crippen molar-refractivity contribution in [3.05, 3.63) is 65.7 Å². The number of carbonyl (C=O) groups excluding carboxylic acids is 3. The minimum atomic E-state index is -3.97. The lowest BCUT2D eigenvalue weighted by atomic mass is 10.2. The molecule has 2 aromatic carbocycles. The van der Waals surface area contributed by atoms with Gasteiger partial charge in [0.05, 0.1) is 4.90 Å². The first-order chi connectivity index (χ1) is 16.2. The number of nitrogens with one attached hydrogen (secondary N) is 1. The van der Waals surface area contributed by atoms with Crippen molar-refractivity contribution in [2.45, 2.75) is 31.4 Å². The number of amides is 1. The highest BCUT2D eigenvalue weighted by molar-refractivity contribution is 7.89. The van der Waals surface area contributed by atoms with Crippen LogP contribution in [0, 0.1) is 0 Å². The molecule has 0 aliphatic carbocycles. The van der Waals surface area contributed by atoms with Crippen LogP contribution >= 0.6 is 0 Å². The van der Waals surface area contributed by atoms with Crippen LogP contribution in [0.1, 0.15) is 29.8 Å². The minimum absolute atomic E-state index is 0.0807. The van der Waals surface area contributed by atoms with E-state index < -0.39 is 28.6 Å². The van der Waals surface area contributed by atoms with Gasteiger partial charge in [0.2, 0.25) is 10.0 Å². The number of ether oxygens (including phenoxy) is 1. The Kier molecular flexibility index (Phi) is 8.54. The third-order valence-corrected chi connectivity index (χ3v) is 6.98. The van der Waals surface area contributed by atoms with E-state index >= 15 is 0 Å². The van der Waals surface area contributed by atoms with E-state index in [1.165, 1.54) is 43.7 Å². The van der Waals surface area contributed by atoms with Gasteiger partial charge >= 0.3 is 5.97 Å². The molecular weight excluding hydrogens is 458 g/mol. The standard InChI is InChI=1S/C24H29N3O6S/c1-18(28)21-8-10-22(11-9-21)34(31,32)25-16-23(29)33-19(2)24(30)27-14-12-26(13-15-27)17-20-6-4-3-5-7-20/h3-11,19,25H,12-17H2,1-2H3. The van der Waals surface area contributed by atoms with Gasteiger partial charge in [0.1, 0.15) is 6.54 Å². The van der Waals surface area contributed by atoms with Crippen LogP contribution in [0.2, 0.25) is 0 Å². The lowest BCUT2D eigenvalue weighted by Gasteiger charge is -2.35. The number of sulfonamides is 1. The first kappa shape index (κ1) is 25.5. The molecule has 0 aromatic heterocycles. The average Bonchev–Trinajstić information content (AvgIpc) is 2.83. The van der Waals surface area contributed by atoms with Crippen LogP contribution in [0.3, 0.4) is 0 Å². The number of rotatable bonds is 9. The fraction of sp³-hybridized carbons (Fsp3) is 0.375. The first-order valence-electron chi connectivity index (χ1n) is 11.0. The zero-order chi connectivity index (χ0) is 24.7. The van der Waals surface area contributed by atoms with Crippen molar-refractivity contribution in [2.75, 3.05) is 32.7 Å².